The maximum absolute atomic E-state index is 11.4. The molecule has 7 heteroatoms. The molecule has 0 aliphatic carbocycles. The number of benzene rings is 2. The van der Waals surface area contributed by atoms with Gasteiger partial charge in [0.1, 0.15) is 12.2 Å². The van der Waals surface area contributed by atoms with Crippen molar-refractivity contribution < 1.29 is 8.98 Å². The van der Waals surface area contributed by atoms with Gasteiger partial charge in [-0.25, -0.2) is 5.14 Å². The lowest BCUT2D eigenvalue weighted by Gasteiger charge is -2.19. The van der Waals surface area contributed by atoms with E-state index in [2.05, 4.69) is 59.9 Å². The molecule has 0 amide bonds. The van der Waals surface area contributed by atoms with Gasteiger partial charge in [0.25, 0.3) is 0 Å². The molecule has 2 aromatic carbocycles. The van der Waals surface area contributed by atoms with Crippen LogP contribution in [0.3, 0.4) is 0 Å². The summed E-state index contributed by atoms with van der Waals surface area (Å²) in [4.78, 5) is 11.4. The fourth-order valence-corrected chi connectivity index (χ4v) is 2.79. The molecule has 0 atom stereocenters. The minimum absolute atomic E-state index is 0.148. The largest absolute Gasteiger partial charge is 0.375 e. The highest BCUT2D eigenvalue weighted by molar-refractivity contribution is 7.92. The first kappa shape index (κ1) is 21.2. The highest BCUT2D eigenvalue weighted by Crippen LogP contribution is 2.22. The van der Waals surface area contributed by atoms with E-state index in [1.54, 1.807) is 0 Å². The van der Waals surface area contributed by atoms with Crippen LogP contribution in [0.2, 0.25) is 0 Å². The van der Waals surface area contributed by atoms with Crippen LogP contribution in [0, 0.1) is 0 Å². The Morgan fingerprint density at radius 2 is 1.67 bits per heavy atom. The molecule has 0 bridgehead atoms. The van der Waals surface area contributed by atoms with E-state index in [1.165, 1.54) is 11.1 Å². The third kappa shape index (κ3) is 7.21. The van der Waals surface area contributed by atoms with Gasteiger partial charge in [-0.2, -0.15) is 0 Å². The Morgan fingerprint density at radius 1 is 1.07 bits per heavy atom. The molecule has 27 heavy (non-hydrogen) atoms. The molecule has 0 saturated heterocycles. The molecule has 0 saturated carbocycles. The number of carbonyl (C=O) groups is 1. The van der Waals surface area contributed by atoms with Gasteiger partial charge in [-0.3, -0.25) is 4.79 Å². The van der Waals surface area contributed by atoms with Crippen molar-refractivity contribution in [1.82, 2.24) is 5.32 Å². The highest BCUT2D eigenvalue weighted by Gasteiger charge is 2.12. The van der Waals surface area contributed by atoms with Crippen molar-refractivity contribution in [1.29, 1.82) is 0 Å². The molecular weight excluding hydrogens is 378 g/mol. The van der Waals surface area contributed by atoms with Gasteiger partial charge in [0, 0.05) is 12.2 Å². The van der Waals surface area contributed by atoms with E-state index in [4.69, 9.17) is 17.4 Å². The van der Waals surface area contributed by atoms with E-state index in [0.717, 1.165) is 11.3 Å². The smallest absolute Gasteiger partial charge is 0.323 e. The summed E-state index contributed by atoms with van der Waals surface area (Å²) in [6.07, 6.45) is 0.178. The van der Waals surface area contributed by atoms with Crippen molar-refractivity contribution in [2.24, 2.45) is 5.14 Å². The molecule has 2 aromatic rings. The third-order valence-electron chi connectivity index (χ3n) is 3.97. The van der Waals surface area contributed by atoms with E-state index >= 15 is 0 Å². The zero-order chi connectivity index (χ0) is 19.9. The van der Waals surface area contributed by atoms with Gasteiger partial charge in [0.15, 0.2) is 5.11 Å². The molecule has 0 radical (unpaired) electrons. The number of hydrogen-bond acceptors (Lipinski definition) is 5. The van der Waals surface area contributed by atoms with Crippen molar-refractivity contribution in [3.05, 3.63) is 65.2 Å². The van der Waals surface area contributed by atoms with Crippen molar-refractivity contribution in [3.63, 3.8) is 0 Å². The molecule has 0 aliphatic rings. The molecule has 4 N–H and O–H groups in total. The van der Waals surface area contributed by atoms with E-state index in [9.17, 15) is 4.79 Å². The first-order valence-corrected chi connectivity index (χ1v) is 9.78. The molecule has 0 fully saturated rings. The normalized spacial score (nSPS) is 11.0. The fraction of sp³-hybridized carbons (Fsp3) is 0.300. The number of anilines is 1. The molecular formula is C20H25N3O2S2. The van der Waals surface area contributed by atoms with Crippen molar-refractivity contribution in [2.45, 2.75) is 39.2 Å². The first-order chi connectivity index (χ1) is 12.8. The van der Waals surface area contributed by atoms with Crippen LogP contribution in [-0.4, -0.2) is 11.1 Å². The van der Waals surface area contributed by atoms with Gasteiger partial charge in [-0.15, -0.1) is 0 Å². The molecule has 0 aliphatic heterocycles. The Labute approximate surface area is 170 Å². The summed E-state index contributed by atoms with van der Waals surface area (Å²) in [6.45, 7) is 7.25. The summed E-state index contributed by atoms with van der Waals surface area (Å²) in [7, 11) is 0. The lowest BCUT2D eigenvalue weighted by Crippen LogP contribution is -2.27. The predicted molar refractivity (Wildman–Crippen MR) is 116 cm³/mol. The molecule has 0 spiro atoms. The number of thiocarbonyl (C=S) groups is 1. The number of rotatable bonds is 6. The van der Waals surface area contributed by atoms with Crippen LogP contribution in [-0.2, 0) is 27.4 Å². The van der Waals surface area contributed by atoms with Crippen LogP contribution in [0.4, 0.5) is 5.69 Å². The number of nitrogens with one attached hydrogen (secondary N) is 2. The molecule has 0 unspecified atom stereocenters. The zero-order valence-electron chi connectivity index (χ0n) is 15.7. The van der Waals surface area contributed by atoms with Gasteiger partial charge in [0.05, 0.1) is 6.42 Å². The Balaban J connectivity index is 1.82. The second-order valence-electron chi connectivity index (χ2n) is 7.18. The summed E-state index contributed by atoms with van der Waals surface area (Å²) in [5, 5.41) is 12.0. The summed E-state index contributed by atoms with van der Waals surface area (Å²) >= 11 is 5.90. The molecule has 0 aromatic heterocycles. The Bertz CT molecular complexity index is 769. The summed E-state index contributed by atoms with van der Waals surface area (Å²) < 4.78 is 4.65. The minimum atomic E-state index is -0.377. The van der Waals surface area contributed by atoms with Crippen LogP contribution in [0.25, 0.3) is 0 Å². The van der Waals surface area contributed by atoms with Gasteiger partial charge >= 0.3 is 5.97 Å². The third-order valence-corrected chi connectivity index (χ3v) is 4.50. The van der Waals surface area contributed by atoms with Crippen molar-refractivity contribution in [3.8, 4) is 0 Å². The maximum Gasteiger partial charge on any atom is 0.323 e. The van der Waals surface area contributed by atoms with Crippen molar-refractivity contribution >= 4 is 41.2 Å². The van der Waals surface area contributed by atoms with Gasteiger partial charge in [-0.1, -0.05) is 57.2 Å². The zero-order valence-corrected chi connectivity index (χ0v) is 17.4. The molecule has 5 nitrogen and oxygen atoms in total. The SMILES string of the molecule is CC(C)(C)c1ccc(CNC(=S)Nc2ccc(CC(=O)OSN)cc2)cc1. The standard InChI is InChI=1S/C20H25N3O2S2/c1-20(2,3)16-8-4-15(5-9-16)13-22-19(26)23-17-10-6-14(7-11-17)12-18(24)25-27-21/h4-11H,12-13,21H2,1-3H3,(H2,22,23,26). The quantitative estimate of drug-likeness (QED) is 0.381. The molecule has 144 valence electrons. The lowest BCUT2D eigenvalue weighted by molar-refractivity contribution is -0.132. The molecule has 0 heterocycles. The predicted octanol–water partition coefficient (Wildman–Crippen LogP) is 4.08. The van der Waals surface area contributed by atoms with Crippen LogP contribution in [0.1, 0.15) is 37.5 Å². The Hall–Kier alpha value is -2.09. The van der Waals surface area contributed by atoms with Gasteiger partial charge < -0.3 is 14.8 Å². The van der Waals surface area contributed by atoms with Gasteiger partial charge in [0.2, 0.25) is 0 Å². The summed E-state index contributed by atoms with van der Waals surface area (Å²) in [6, 6.07) is 16.0. The maximum atomic E-state index is 11.4. The van der Waals surface area contributed by atoms with Crippen LogP contribution in [0.15, 0.2) is 48.5 Å². The number of carbonyl (C=O) groups excluding carboxylic acids is 1. The fourth-order valence-electron chi connectivity index (χ4n) is 2.44. The molecule has 2 rings (SSSR count). The number of hydrogen-bond donors (Lipinski definition) is 3. The van der Waals surface area contributed by atoms with E-state index in [0.29, 0.717) is 23.9 Å². The highest BCUT2D eigenvalue weighted by atomic mass is 32.2. The van der Waals surface area contributed by atoms with Crippen LogP contribution < -0.4 is 15.8 Å². The van der Waals surface area contributed by atoms with Crippen LogP contribution >= 0.6 is 24.4 Å². The minimum Gasteiger partial charge on any atom is -0.375 e. The number of nitrogens with two attached hydrogens (primary N) is 1. The topological polar surface area (TPSA) is 76.4 Å². The Morgan fingerprint density at radius 3 is 2.22 bits per heavy atom. The van der Waals surface area contributed by atoms with Crippen molar-refractivity contribution in [2.75, 3.05) is 5.32 Å². The van der Waals surface area contributed by atoms with E-state index < -0.39 is 0 Å². The van der Waals surface area contributed by atoms with E-state index in [1.807, 2.05) is 24.3 Å². The van der Waals surface area contributed by atoms with Gasteiger partial charge in [-0.05, 0) is 46.5 Å². The van der Waals surface area contributed by atoms with Crippen LogP contribution in [0.5, 0.6) is 0 Å². The monoisotopic (exact) mass is 403 g/mol. The second-order valence-corrected chi connectivity index (χ2v) is 7.95. The lowest BCUT2D eigenvalue weighted by atomic mass is 9.87. The average Bonchev–Trinajstić information content (AvgIpc) is 2.61. The summed E-state index contributed by atoms with van der Waals surface area (Å²) in [5.74, 6) is -0.377. The first-order valence-electron chi connectivity index (χ1n) is 8.57. The Kier molecular flexibility index (Phi) is 7.65. The summed E-state index contributed by atoms with van der Waals surface area (Å²) in [5.41, 5.74) is 4.31. The second kappa shape index (κ2) is 9.73. The average molecular weight is 404 g/mol. The van der Waals surface area contributed by atoms with E-state index in [-0.39, 0.29) is 17.8 Å².